The number of nitrogens with zero attached hydrogens (tertiary/aromatic N) is 2. The van der Waals surface area contributed by atoms with E-state index in [2.05, 4.69) is 18.7 Å². The van der Waals surface area contributed by atoms with Crippen molar-refractivity contribution < 1.29 is 9.90 Å². The number of halogens is 1. The molecule has 22 heavy (non-hydrogen) atoms. The van der Waals surface area contributed by atoms with E-state index in [9.17, 15) is 9.90 Å². The van der Waals surface area contributed by atoms with Gasteiger partial charge in [-0.3, -0.25) is 4.79 Å². The molecule has 1 spiro atoms. The van der Waals surface area contributed by atoms with Crippen molar-refractivity contribution in [3.63, 3.8) is 0 Å². The van der Waals surface area contributed by atoms with Gasteiger partial charge in [-0.2, -0.15) is 0 Å². The lowest BCUT2D eigenvalue weighted by Gasteiger charge is -2.40. The van der Waals surface area contributed by atoms with Crippen LogP contribution in [0.15, 0.2) is 18.2 Å². The summed E-state index contributed by atoms with van der Waals surface area (Å²) >= 11 is 6.19. The van der Waals surface area contributed by atoms with Gasteiger partial charge in [0.2, 0.25) is 5.91 Å². The minimum absolute atomic E-state index is 0.0258. The number of carbonyl (C=O) groups is 1. The van der Waals surface area contributed by atoms with E-state index < -0.39 is 5.41 Å². The molecule has 0 saturated carbocycles. The Morgan fingerprint density at radius 3 is 2.59 bits per heavy atom. The van der Waals surface area contributed by atoms with E-state index in [0.717, 1.165) is 37.2 Å². The van der Waals surface area contributed by atoms with E-state index in [1.165, 1.54) is 0 Å². The Kier molecular flexibility index (Phi) is 4.19. The molecule has 1 amide bonds. The topological polar surface area (TPSA) is 43.8 Å². The molecule has 120 valence electrons. The number of piperidine rings is 1. The normalized spacial score (nSPS) is 21.0. The van der Waals surface area contributed by atoms with Gasteiger partial charge in [0.25, 0.3) is 0 Å². The maximum Gasteiger partial charge on any atom is 0.237 e. The maximum atomic E-state index is 13.1. The first-order valence-corrected chi connectivity index (χ1v) is 8.34. The molecule has 0 radical (unpaired) electrons. The van der Waals surface area contributed by atoms with Gasteiger partial charge in [0.05, 0.1) is 12.0 Å². The van der Waals surface area contributed by atoms with Crippen molar-refractivity contribution >= 4 is 23.2 Å². The molecular weight excluding hydrogens is 300 g/mol. The lowest BCUT2D eigenvalue weighted by molar-refractivity contribution is -0.125. The highest BCUT2D eigenvalue weighted by Gasteiger charge is 2.51. The van der Waals surface area contributed by atoms with Gasteiger partial charge in [-0.15, -0.1) is 0 Å². The number of aliphatic hydroxyl groups is 1. The van der Waals surface area contributed by atoms with Crippen LogP contribution in [0, 0.1) is 0 Å². The van der Waals surface area contributed by atoms with Crippen LogP contribution in [0.4, 0.5) is 5.69 Å². The lowest BCUT2D eigenvalue weighted by atomic mass is 9.73. The summed E-state index contributed by atoms with van der Waals surface area (Å²) in [6.45, 7) is 6.55. The maximum absolute atomic E-state index is 13.1. The summed E-state index contributed by atoms with van der Waals surface area (Å²) < 4.78 is 0. The number of β-amino-alcohol motifs (C(OH)–C–C–N with tert-alkyl or cyclic N) is 1. The third kappa shape index (κ3) is 2.34. The zero-order valence-corrected chi connectivity index (χ0v) is 13.9. The number of fused-ring (bicyclic) bond motifs is 2. The Hall–Kier alpha value is -1.10. The fourth-order valence-electron chi connectivity index (χ4n) is 3.84. The van der Waals surface area contributed by atoms with E-state index >= 15 is 0 Å². The van der Waals surface area contributed by atoms with Crippen molar-refractivity contribution in [1.29, 1.82) is 0 Å². The average molecular weight is 323 g/mol. The second-order valence-corrected chi connectivity index (χ2v) is 6.99. The fraction of sp³-hybridized carbons (Fsp3) is 0.588. The zero-order chi connectivity index (χ0) is 15.9. The van der Waals surface area contributed by atoms with E-state index in [0.29, 0.717) is 17.6 Å². The molecule has 3 rings (SSSR count). The van der Waals surface area contributed by atoms with Gasteiger partial charge in [0.15, 0.2) is 0 Å². The largest absolute Gasteiger partial charge is 0.395 e. The number of hydrogen-bond donors (Lipinski definition) is 1. The lowest BCUT2D eigenvalue weighted by Crippen LogP contribution is -2.50. The Morgan fingerprint density at radius 2 is 2.00 bits per heavy atom. The van der Waals surface area contributed by atoms with Crippen LogP contribution in [0.3, 0.4) is 0 Å². The van der Waals surface area contributed by atoms with Gasteiger partial charge in [-0.25, -0.2) is 0 Å². The number of hydrogen-bond acceptors (Lipinski definition) is 3. The number of aliphatic hydroxyl groups excluding tert-OH is 1. The highest BCUT2D eigenvalue weighted by molar-refractivity contribution is 6.31. The molecule has 0 aliphatic carbocycles. The molecule has 0 atom stereocenters. The number of likely N-dealkylation sites (tertiary alicyclic amines) is 1. The Labute approximate surface area is 136 Å². The summed E-state index contributed by atoms with van der Waals surface area (Å²) in [5.41, 5.74) is 1.50. The highest BCUT2D eigenvalue weighted by Crippen LogP contribution is 2.48. The Morgan fingerprint density at radius 1 is 1.32 bits per heavy atom. The molecule has 1 aromatic carbocycles. The summed E-state index contributed by atoms with van der Waals surface area (Å²) in [5.74, 6) is 0.127. The van der Waals surface area contributed by atoms with E-state index in [-0.39, 0.29) is 12.5 Å². The molecule has 5 heteroatoms. The summed E-state index contributed by atoms with van der Waals surface area (Å²) in [6, 6.07) is 6.17. The predicted octanol–water partition coefficient (Wildman–Crippen LogP) is 2.42. The average Bonchev–Trinajstić information content (AvgIpc) is 2.71. The molecule has 0 unspecified atom stereocenters. The smallest absolute Gasteiger partial charge is 0.237 e. The number of amides is 1. The van der Waals surface area contributed by atoms with Crippen molar-refractivity contribution in [3.8, 4) is 0 Å². The molecular formula is C17H23ClN2O2. The van der Waals surface area contributed by atoms with Crippen LogP contribution in [0.5, 0.6) is 0 Å². The minimum Gasteiger partial charge on any atom is -0.395 e. The van der Waals surface area contributed by atoms with Crippen molar-refractivity contribution in [3.05, 3.63) is 28.8 Å². The van der Waals surface area contributed by atoms with Gasteiger partial charge in [-0.05, 0) is 63.5 Å². The molecule has 1 saturated heterocycles. The van der Waals surface area contributed by atoms with Crippen molar-refractivity contribution in [2.45, 2.75) is 38.1 Å². The number of benzene rings is 1. The molecule has 4 nitrogen and oxygen atoms in total. The number of rotatable bonds is 3. The van der Waals surface area contributed by atoms with Gasteiger partial charge >= 0.3 is 0 Å². The zero-order valence-electron chi connectivity index (χ0n) is 13.2. The van der Waals surface area contributed by atoms with Gasteiger partial charge in [0, 0.05) is 23.3 Å². The van der Waals surface area contributed by atoms with Gasteiger partial charge in [0.1, 0.15) is 0 Å². The van der Waals surface area contributed by atoms with E-state index in [1.54, 1.807) is 4.90 Å². The Balaban J connectivity index is 1.99. The summed E-state index contributed by atoms with van der Waals surface area (Å²) in [6.07, 6.45) is 1.64. The van der Waals surface area contributed by atoms with Crippen LogP contribution in [-0.2, 0) is 10.2 Å². The van der Waals surface area contributed by atoms with Crippen LogP contribution >= 0.6 is 11.6 Å². The third-order valence-corrected chi connectivity index (χ3v) is 5.36. The van der Waals surface area contributed by atoms with Crippen molar-refractivity contribution in [2.75, 3.05) is 31.1 Å². The third-order valence-electron chi connectivity index (χ3n) is 5.12. The van der Waals surface area contributed by atoms with Crippen LogP contribution in [0.1, 0.15) is 32.3 Å². The second-order valence-electron chi connectivity index (χ2n) is 6.55. The van der Waals surface area contributed by atoms with Gasteiger partial charge in [-0.1, -0.05) is 11.6 Å². The Bertz CT molecular complexity index is 580. The van der Waals surface area contributed by atoms with Crippen molar-refractivity contribution in [2.24, 2.45) is 0 Å². The minimum atomic E-state index is -0.458. The highest BCUT2D eigenvalue weighted by atomic mass is 35.5. The van der Waals surface area contributed by atoms with E-state index in [1.807, 2.05) is 18.2 Å². The fourth-order valence-corrected chi connectivity index (χ4v) is 4.01. The van der Waals surface area contributed by atoms with Crippen LogP contribution in [0.2, 0.25) is 5.02 Å². The quantitative estimate of drug-likeness (QED) is 0.929. The van der Waals surface area contributed by atoms with Crippen LogP contribution in [0.25, 0.3) is 0 Å². The molecule has 1 fully saturated rings. The molecule has 2 aliphatic rings. The molecule has 0 bridgehead atoms. The SMILES string of the molecule is CC(C)N1CCC2(CC1)C(=O)N(CCO)c1ccc(Cl)cc12. The first-order chi connectivity index (χ1) is 10.5. The van der Waals surface area contributed by atoms with Crippen LogP contribution < -0.4 is 4.90 Å². The molecule has 2 aliphatic heterocycles. The first kappa shape index (κ1) is 15.8. The van der Waals surface area contributed by atoms with Gasteiger partial charge < -0.3 is 14.9 Å². The predicted molar refractivity (Wildman–Crippen MR) is 88.5 cm³/mol. The summed E-state index contributed by atoms with van der Waals surface area (Å²) in [5, 5.41) is 9.97. The second kappa shape index (κ2) is 5.84. The number of carbonyl (C=O) groups excluding carboxylic acids is 1. The molecule has 0 aromatic heterocycles. The standard InChI is InChI=1S/C17H23ClN2O2/c1-12(2)19-7-5-17(6-8-19)14-11-13(18)3-4-15(14)20(9-10-21)16(17)22/h3-4,11-12,21H,5-10H2,1-2H3. The summed E-state index contributed by atoms with van der Waals surface area (Å²) in [4.78, 5) is 17.2. The monoisotopic (exact) mass is 322 g/mol. The first-order valence-electron chi connectivity index (χ1n) is 7.96. The summed E-state index contributed by atoms with van der Waals surface area (Å²) in [7, 11) is 0. The number of anilines is 1. The van der Waals surface area contributed by atoms with Crippen LogP contribution in [-0.4, -0.2) is 48.2 Å². The molecule has 1 N–H and O–H groups in total. The molecule has 2 heterocycles. The molecule has 1 aromatic rings. The van der Waals surface area contributed by atoms with E-state index in [4.69, 9.17) is 11.6 Å². The van der Waals surface area contributed by atoms with Crippen molar-refractivity contribution in [1.82, 2.24) is 4.90 Å².